The Bertz CT molecular complexity index is 1270. The lowest BCUT2D eigenvalue weighted by Crippen LogP contribution is -2.29. The van der Waals surface area contributed by atoms with Crippen molar-refractivity contribution in [2.24, 2.45) is 0 Å². The summed E-state index contributed by atoms with van der Waals surface area (Å²) in [4.78, 5) is 22.4. The van der Waals surface area contributed by atoms with Gasteiger partial charge in [-0.15, -0.1) is 0 Å². The molecule has 2 atom stereocenters. The van der Waals surface area contributed by atoms with Gasteiger partial charge in [0.25, 0.3) is 0 Å². The van der Waals surface area contributed by atoms with Crippen molar-refractivity contribution < 1.29 is 5.11 Å². The van der Waals surface area contributed by atoms with Crippen molar-refractivity contribution >= 4 is 34.1 Å². The smallest absolute Gasteiger partial charge is 0.165 e. The number of nitrogens with zero attached hydrogens (tertiary/aromatic N) is 7. The summed E-state index contributed by atoms with van der Waals surface area (Å²) in [6.45, 7) is 2.55. The lowest BCUT2D eigenvalue weighted by Gasteiger charge is -2.17. The van der Waals surface area contributed by atoms with Crippen molar-refractivity contribution in [2.45, 2.75) is 44.8 Å². The molecule has 3 aromatic heterocycles. The zero-order valence-corrected chi connectivity index (χ0v) is 18.2. The SMILES string of the molecule is CCc1nc2c(N)ncc(C3=CN(c4cnc(C#N)cn4)NC3)c2nc1NC1CCC(O)C1. The van der Waals surface area contributed by atoms with Gasteiger partial charge in [-0.25, -0.2) is 30.3 Å². The first kappa shape index (κ1) is 21.0. The molecule has 1 saturated carbocycles. The molecular formula is C22H24N10O. The monoisotopic (exact) mass is 444 g/mol. The van der Waals surface area contributed by atoms with Gasteiger partial charge in [-0.2, -0.15) is 5.26 Å². The number of nitrogens with two attached hydrogens (primary N) is 1. The molecule has 11 heteroatoms. The van der Waals surface area contributed by atoms with E-state index in [2.05, 4.69) is 25.7 Å². The Hall–Kier alpha value is -3.88. The minimum atomic E-state index is -0.276. The second-order valence-corrected chi connectivity index (χ2v) is 8.17. The van der Waals surface area contributed by atoms with Crippen LogP contribution in [0.5, 0.6) is 0 Å². The minimum Gasteiger partial charge on any atom is -0.393 e. The molecule has 0 amide bonds. The molecule has 2 unspecified atom stereocenters. The number of aliphatic hydroxyl groups excluding tert-OH is 1. The van der Waals surface area contributed by atoms with Crippen molar-refractivity contribution in [3.8, 4) is 6.07 Å². The zero-order valence-electron chi connectivity index (χ0n) is 18.2. The molecule has 0 saturated heterocycles. The Balaban J connectivity index is 1.53. The van der Waals surface area contributed by atoms with E-state index in [-0.39, 0.29) is 17.8 Å². The first-order valence-electron chi connectivity index (χ1n) is 10.9. The number of aromatic nitrogens is 5. The highest BCUT2D eigenvalue weighted by atomic mass is 16.3. The maximum absolute atomic E-state index is 9.90. The fourth-order valence-electron chi connectivity index (χ4n) is 4.20. The number of hydrazine groups is 1. The highest BCUT2D eigenvalue weighted by Gasteiger charge is 2.25. The summed E-state index contributed by atoms with van der Waals surface area (Å²) in [5.41, 5.74) is 13.5. The summed E-state index contributed by atoms with van der Waals surface area (Å²) in [6, 6.07) is 2.13. The van der Waals surface area contributed by atoms with E-state index >= 15 is 0 Å². The van der Waals surface area contributed by atoms with Gasteiger partial charge in [0, 0.05) is 30.5 Å². The van der Waals surface area contributed by atoms with Crippen molar-refractivity contribution in [3.05, 3.63) is 41.7 Å². The lowest BCUT2D eigenvalue weighted by atomic mass is 10.1. The van der Waals surface area contributed by atoms with Crippen LogP contribution in [-0.4, -0.2) is 48.7 Å². The van der Waals surface area contributed by atoms with Crippen molar-refractivity contribution in [1.29, 1.82) is 5.26 Å². The number of rotatable bonds is 5. The van der Waals surface area contributed by atoms with Crippen LogP contribution >= 0.6 is 0 Å². The molecule has 5 rings (SSSR count). The Labute approximate surface area is 190 Å². The molecule has 1 aliphatic heterocycles. The third-order valence-electron chi connectivity index (χ3n) is 5.95. The largest absolute Gasteiger partial charge is 0.393 e. The van der Waals surface area contributed by atoms with Crippen LogP contribution in [0, 0.1) is 11.3 Å². The molecule has 168 valence electrons. The number of fused-ring (bicyclic) bond motifs is 1. The third kappa shape index (κ3) is 4.02. The number of nitrogen functional groups attached to an aromatic ring is 1. The zero-order chi connectivity index (χ0) is 22.9. The summed E-state index contributed by atoms with van der Waals surface area (Å²) in [5.74, 6) is 1.62. The van der Waals surface area contributed by atoms with E-state index in [9.17, 15) is 5.11 Å². The van der Waals surface area contributed by atoms with E-state index in [1.54, 1.807) is 11.2 Å². The van der Waals surface area contributed by atoms with Gasteiger partial charge in [0.2, 0.25) is 0 Å². The summed E-state index contributed by atoms with van der Waals surface area (Å²) < 4.78 is 0. The molecule has 1 aliphatic carbocycles. The van der Waals surface area contributed by atoms with Crippen LogP contribution in [0.15, 0.2) is 24.8 Å². The molecule has 1 fully saturated rings. The number of nitrogens with one attached hydrogen (secondary N) is 2. The lowest BCUT2D eigenvalue weighted by molar-refractivity contribution is 0.182. The van der Waals surface area contributed by atoms with Gasteiger partial charge in [0.05, 0.1) is 24.2 Å². The topological polar surface area (TPSA) is 162 Å². The average molecular weight is 445 g/mol. The first-order chi connectivity index (χ1) is 16.1. The van der Waals surface area contributed by atoms with Gasteiger partial charge in [0.15, 0.2) is 17.3 Å². The molecule has 11 nitrogen and oxygen atoms in total. The summed E-state index contributed by atoms with van der Waals surface area (Å²) in [5, 5.41) is 24.1. The van der Waals surface area contributed by atoms with E-state index < -0.39 is 0 Å². The number of anilines is 3. The predicted octanol–water partition coefficient (Wildman–Crippen LogP) is 1.52. The summed E-state index contributed by atoms with van der Waals surface area (Å²) in [7, 11) is 0. The molecule has 4 heterocycles. The van der Waals surface area contributed by atoms with E-state index in [0.717, 1.165) is 35.5 Å². The van der Waals surface area contributed by atoms with Crippen LogP contribution in [0.1, 0.15) is 43.1 Å². The van der Waals surface area contributed by atoms with Crippen LogP contribution in [-0.2, 0) is 6.42 Å². The Morgan fingerprint density at radius 3 is 2.79 bits per heavy atom. The quantitative estimate of drug-likeness (QED) is 0.451. The molecule has 0 aromatic carbocycles. The summed E-state index contributed by atoms with van der Waals surface area (Å²) >= 11 is 0. The van der Waals surface area contributed by atoms with Crippen LogP contribution in [0.25, 0.3) is 16.6 Å². The van der Waals surface area contributed by atoms with E-state index in [0.29, 0.717) is 42.1 Å². The Morgan fingerprint density at radius 2 is 2.09 bits per heavy atom. The highest BCUT2D eigenvalue weighted by molar-refractivity contribution is 5.95. The van der Waals surface area contributed by atoms with Crippen molar-refractivity contribution in [2.75, 3.05) is 22.6 Å². The van der Waals surface area contributed by atoms with E-state index in [1.165, 1.54) is 12.4 Å². The highest BCUT2D eigenvalue weighted by Crippen LogP contribution is 2.31. The van der Waals surface area contributed by atoms with E-state index in [1.807, 2.05) is 19.2 Å². The van der Waals surface area contributed by atoms with Gasteiger partial charge >= 0.3 is 0 Å². The minimum absolute atomic E-state index is 0.164. The molecule has 0 bridgehead atoms. The van der Waals surface area contributed by atoms with Crippen LogP contribution in [0.2, 0.25) is 0 Å². The Kier molecular flexibility index (Phi) is 5.45. The normalized spacial score (nSPS) is 20.2. The van der Waals surface area contributed by atoms with Gasteiger partial charge in [-0.3, -0.25) is 5.01 Å². The predicted molar refractivity (Wildman–Crippen MR) is 124 cm³/mol. The molecular weight excluding hydrogens is 420 g/mol. The molecule has 2 aliphatic rings. The van der Waals surface area contributed by atoms with Crippen molar-refractivity contribution in [3.63, 3.8) is 0 Å². The Morgan fingerprint density at radius 1 is 1.21 bits per heavy atom. The van der Waals surface area contributed by atoms with Crippen LogP contribution in [0.4, 0.5) is 17.5 Å². The second-order valence-electron chi connectivity index (χ2n) is 8.17. The van der Waals surface area contributed by atoms with Crippen LogP contribution < -0.4 is 21.5 Å². The number of hydrogen-bond donors (Lipinski definition) is 4. The molecule has 5 N–H and O–H groups in total. The van der Waals surface area contributed by atoms with Gasteiger partial charge in [-0.05, 0) is 31.3 Å². The number of pyridine rings is 1. The van der Waals surface area contributed by atoms with Crippen LogP contribution in [0.3, 0.4) is 0 Å². The number of nitriles is 1. The molecule has 3 aromatic rings. The fourth-order valence-corrected chi connectivity index (χ4v) is 4.20. The van der Waals surface area contributed by atoms with Gasteiger partial charge in [-0.1, -0.05) is 6.92 Å². The van der Waals surface area contributed by atoms with Gasteiger partial charge < -0.3 is 16.2 Å². The summed E-state index contributed by atoms with van der Waals surface area (Å²) in [6.07, 6.45) is 9.38. The number of aliphatic hydroxyl groups is 1. The molecule has 0 radical (unpaired) electrons. The standard InChI is InChI=1S/C22H24N10O/c1-2-17-22(29-13-3-4-15(33)5-13)31-19-16(9-27-21(24)20(19)30-17)12-7-28-32(11-12)18-10-25-14(6-23)8-26-18/h8-11,13,15,28,33H,2-5,7H2,1H3,(H2,24,27)(H,29,31). The maximum atomic E-state index is 9.90. The maximum Gasteiger partial charge on any atom is 0.165 e. The molecule has 0 spiro atoms. The number of aryl methyl sites for hydroxylation is 1. The van der Waals surface area contributed by atoms with Gasteiger partial charge in [0.1, 0.15) is 22.9 Å². The van der Waals surface area contributed by atoms with Crippen molar-refractivity contribution in [1.82, 2.24) is 30.3 Å². The average Bonchev–Trinajstić information content (AvgIpc) is 3.48. The first-order valence-corrected chi connectivity index (χ1v) is 10.9. The second kappa shape index (κ2) is 8.57. The van der Waals surface area contributed by atoms with E-state index in [4.69, 9.17) is 21.0 Å². The number of hydrogen-bond acceptors (Lipinski definition) is 11. The molecule has 33 heavy (non-hydrogen) atoms. The fraction of sp³-hybridized carbons (Fsp3) is 0.364. The third-order valence-corrected chi connectivity index (χ3v) is 5.95.